The summed E-state index contributed by atoms with van der Waals surface area (Å²) in [6.45, 7) is 6.53. The number of aromatic nitrogens is 3. The molecule has 1 fully saturated rings. The summed E-state index contributed by atoms with van der Waals surface area (Å²) in [4.78, 5) is 26.4. The molecule has 2 aromatic heterocycles. The summed E-state index contributed by atoms with van der Waals surface area (Å²) >= 11 is 0. The highest BCUT2D eigenvalue weighted by Crippen LogP contribution is 2.26. The molecule has 3 rings (SSSR count). The number of anilines is 2. The van der Waals surface area contributed by atoms with E-state index in [1.54, 1.807) is 29.6 Å². The summed E-state index contributed by atoms with van der Waals surface area (Å²) in [5.41, 5.74) is 1.08. The lowest BCUT2D eigenvalue weighted by molar-refractivity contribution is 0.177. The average molecular weight is 327 g/mol. The number of nitrogens with zero attached hydrogens (tertiary/aromatic N) is 4. The predicted octanol–water partition coefficient (Wildman–Crippen LogP) is 3.03. The van der Waals surface area contributed by atoms with Crippen molar-refractivity contribution >= 4 is 17.9 Å². The molecule has 2 aromatic rings. The Kier molecular flexibility index (Phi) is 4.59. The van der Waals surface area contributed by atoms with E-state index in [0.717, 1.165) is 5.56 Å². The van der Waals surface area contributed by atoms with E-state index >= 15 is 0 Å². The van der Waals surface area contributed by atoms with Crippen molar-refractivity contribution in [3.8, 4) is 0 Å². The van der Waals surface area contributed by atoms with E-state index in [9.17, 15) is 4.79 Å². The zero-order chi connectivity index (χ0) is 17.1. The maximum Gasteiger partial charge on any atom is 0.415 e. The topological polar surface area (TPSA) is 80.2 Å². The maximum atomic E-state index is 12.1. The van der Waals surface area contributed by atoms with Crippen LogP contribution in [-0.4, -0.2) is 33.7 Å². The van der Waals surface area contributed by atoms with Crippen LogP contribution in [0.1, 0.15) is 32.4 Å². The standard InChI is InChI=1S/C17H21N5O2/c1-11(2)14-10-24-17(23)22(14)15-6-9-19-16(21-15)20-12(3)13-4-7-18-8-5-13/h4-9,11-12,14H,10H2,1-3H3,(H,19,20,21)/t12?,14-/m1/s1. The van der Waals surface area contributed by atoms with Gasteiger partial charge in [-0.25, -0.2) is 9.78 Å². The fourth-order valence-electron chi connectivity index (χ4n) is 2.67. The number of hydrogen-bond donors (Lipinski definition) is 1. The van der Waals surface area contributed by atoms with Crippen molar-refractivity contribution in [1.82, 2.24) is 15.0 Å². The van der Waals surface area contributed by atoms with E-state index < -0.39 is 0 Å². The highest BCUT2D eigenvalue weighted by Gasteiger charge is 2.37. The third kappa shape index (κ3) is 3.29. The van der Waals surface area contributed by atoms with Gasteiger partial charge in [-0.2, -0.15) is 4.98 Å². The molecule has 0 aromatic carbocycles. The van der Waals surface area contributed by atoms with Gasteiger partial charge in [0.2, 0.25) is 5.95 Å². The van der Waals surface area contributed by atoms with Gasteiger partial charge < -0.3 is 10.1 Å². The Balaban J connectivity index is 1.80. The molecule has 0 saturated carbocycles. The minimum atomic E-state index is -0.361. The van der Waals surface area contributed by atoms with Crippen molar-refractivity contribution in [3.05, 3.63) is 42.4 Å². The molecule has 0 radical (unpaired) electrons. The number of pyridine rings is 1. The van der Waals surface area contributed by atoms with Gasteiger partial charge in [-0.05, 0) is 36.6 Å². The molecule has 1 N–H and O–H groups in total. The molecule has 0 bridgehead atoms. The second-order valence-electron chi connectivity index (χ2n) is 6.14. The van der Waals surface area contributed by atoms with Gasteiger partial charge in [0.15, 0.2) is 0 Å². The second kappa shape index (κ2) is 6.82. The maximum absolute atomic E-state index is 12.1. The Morgan fingerprint density at radius 1 is 1.21 bits per heavy atom. The molecule has 24 heavy (non-hydrogen) atoms. The lowest BCUT2D eigenvalue weighted by atomic mass is 10.0. The number of carbonyl (C=O) groups is 1. The Labute approximate surface area is 141 Å². The van der Waals surface area contributed by atoms with Crippen LogP contribution < -0.4 is 10.2 Å². The molecule has 126 valence electrons. The van der Waals surface area contributed by atoms with Gasteiger partial charge in [0.1, 0.15) is 12.4 Å². The largest absolute Gasteiger partial charge is 0.447 e. The molecule has 1 saturated heterocycles. The molecule has 7 heteroatoms. The van der Waals surface area contributed by atoms with Crippen LogP contribution in [0.3, 0.4) is 0 Å². The van der Waals surface area contributed by atoms with Crippen molar-refractivity contribution in [1.29, 1.82) is 0 Å². The summed E-state index contributed by atoms with van der Waals surface area (Å²) in [5.74, 6) is 1.30. The van der Waals surface area contributed by atoms with Crippen molar-refractivity contribution in [2.24, 2.45) is 5.92 Å². The van der Waals surface area contributed by atoms with Crippen LogP contribution in [0.25, 0.3) is 0 Å². The molecule has 0 spiro atoms. The van der Waals surface area contributed by atoms with Crippen LogP contribution >= 0.6 is 0 Å². The predicted molar refractivity (Wildman–Crippen MR) is 90.8 cm³/mol. The number of rotatable bonds is 5. The SMILES string of the molecule is CC(Nc1nccc(N2C(=O)OC[C@@H]2C(C)C)n1)c1ccncc1. The van der Waals surface area contributed by atoms with Gasteiger partial charge in [0, 0.05) is 18.6 Å². The quantitative estimate of drug-likeness (QED) is 0.909. The molecule has 1 aliphatic heterocycles. The number of ether oxygens (including phenoxy) is 1. The van der Waals surface area contributed by atoms with E-state index in [-0.39, 0.29) is 24.1 Å². The minimum absolute atomic E-state index is 0.0159. The summed E-state index contributed by atoms with van der Waals surface area (Å²) in [6.07, 6.45) is 4.78. The summed E-state index contributed by atoms with van der Waals surface area (Å²) in [7, 11) is 0. The Morgan fingerprint density at radius 3 is 2.67 bits per heavy atom. The number of amides is 1. The van der Waals surface area contributed by atoms with Crippen molar-refractivity contribution in [2.75, 3.05) is 16.8 Å². The van der Waals surface area contributed by atoms with Gasteiger partial charge in [-0.3, -0.25) is 9.88 Å². The average Bonchev–Trinajstić information content (AvgIpc) is 2.98. The first-order valence-electron chi connectivity index (χ1n) is 8.01. The van der Waals surface area contributed by atoms with Gasteiger partial charge in [-0.1, -0.05) is 13.8 Å². The van der Waals surface area contributed by atoms with E-state index in [1.165, 1.54) is 0 Å². The van der Waals surface area contributed by atoms with Crippen LogP contribution in [-0.2, 0) is 4.74 Å². The normalized spacial score (nSPS) is 18.6. The van der Waals surface area contributed by atoms with Crippen LogP contribution in [0.2, 0.25) is 0 Å². The van der Waals surface area contributed by atoms with Crippen molar-refractivity contribution in [3.63, 3.8) is 0 Å². The van der Waals surface area contributed by atoms with Crippen LogP contribution in [0, 0.1) is 5.92 Å². The molecule has 2 atom stereocenters. The van der Waals surface area contributed by atoms with E-state index in [2.05, 4.69) is 34.1 Å². The van der Waals surface area contributed by atoms with E-state index in [1.807, 2.05) is 19.1 Å². The minimum Gasteiger partial charge on any atom is -0.447 e. The number of carbonyl (C=O) groups excluding carboxylic acids is 1. The highest BCUT2D eigenvalue weighted by molar-refractivity contribution is 5.89. The van der Waals surface area contributed by atoms with Crippen molar-refractivity contribution < 1.29 is 9.53 Å². The van der Waals surface area contributed by atoms with E-state index in [0.29, 0.717) is 18.4 Å². The molecule has 1 unspecified atom stereocenters. The smallest absolute Gasteiger partial charge is 0.415 e. The zero-order valence-corrected chi connectivity index (χ0v) is 14.0. The van der Waals surface area contributed by atoms with Gasteiger partial charge >= 0.3 is 6.09 Å². The molecule has 1 aliphatic rings. The number of hydrogen-bond acceptors (Lipinski definition) is 6. The highest BCUT2D eigenvalue weighted by atomic mass is 16.6. The number of cyclic esters (lactones) is 1. The zero-order valence-electron chi connectivity index (χ0n) is 14.0. The third-order valence-corrected chi connectivity index (χ3v) is 4.11. The molecular formula is C17H21N5O2. The molecular weight excluding hydrogens is 306 g/mol. The van der Waals surface area contributed by atoms with Crippen LogP contribution in [0.5, 0.6) is 0 Å². The first-order valence-corrected chi connectivity index (χ1v) is 8.01. The molecule has 1 amide bonds. The Hall–Kier alpha value is -2.70. The Morgan fingerprint density at radius 2 is 1.96 bits per heavy atom. The van der Waals surface area contributed by atoms with Crippen LogP contribution in [0.4, 0.5) is 16.6 Å². The first-order chi connectivity index (χ1) is 11.6. The van der Waals surface area contributed by atoms with Crippen molar-refractivity contribution in [2.45, 2.75) is 32.9 Å². The molecule has 3 heterocycles. The second-order valence-corrected chi connectivity index (χ2v) is 6.14. The first kappa shape index (κ1) is 16.2. The van der Waals surface area contributed by atoms with Crippen LogP contribution in [0.15, 0.2) is 36.8 Å². The third-order valence-electron chi connectivity index (χ3n) is 4.11. The summed E-state index contributed by atoms with van der Waals surface area (Å²) < 4.78 is 5.18. The lowest BCUT2D eigenvalue weighted by Crippen LogP contribution is -2.37. The van der Waals surface area contributed by atoms with E-state index in [4.69, 9.17) is 4.74 Å². The summed E-state index contributed by atoms with van der Waals surface area (Å²) in [5, 5.41) is 3.25. The molecule has 0 aliphatic carbocycles. The lowest BCUT2D eigenvalue weighted by Gasteiger charge is -2.23. The fraction of sp³-hybridized carbons (Fsp3) is 0.412. The molecule has 7 nitrogen and oxygen atoms in total. The fourth-order valence-corrected chi connectivity index (χ4v) is 2.67. The monoisotopic (exact) mass is 327 g/mol. The van der Waals surface area contributed by atoms with Gasteiger partial charge in [0.05, 0.1) is 12.1 Å². The number of nitrogens with one attached hydrogen (secondary N) is 1. The van der Waals surface area contributed by atoms with Gasteiger partial charge in [-0.15, -0.1) is 0 Å². The Bertz CT molecular complexity index is 707. The van der Waals surface area contributed by atoms with Gasteiger partial charge in [0.25, 0.3) is 0 Å². The summed E-state index contributed by atoms with van der Waals surface area (Å²) in [6, 6.07) is 5.61.